The van der Waals surface area contributed by atoms with Crippen molar-refractivity contribution >= 4 is 11.9 Å². The van der Waals surface area contributed by atoms with E-state index >= 15 is 0 Å². The number of hydrogen-bond acceptors (Lipinski definition) is 15. The number of allylic oxidation sites excluding steroid dienone is 10. The van der Waals surface area contributed by atoms with Crippen molar-refractivity contribution in [3.63, 3.8) is 0 Å². The van der Waals surface area contributed by atoms with E-state index in [1.807, 2.05) is 0 Å². The van der Waals surface area contributed by atoms with Crippen molar-refractivity contribution in [1.82, 2.24) is 0 Å². The predicted molar refractivity (Wildman–Crippen MR) is 270 cm³/mol. The summed E-state index contributed by atoms with van der Waals surface area (Å²) in [7, 11) is 0. The second-order valence-electron chi connectivity index (χ2n) is 18.7. The molecule has 2 aliphatic rings. The van der Waals surface area contributed by atoms with Crippen molar-refractivity contribution in [2.75, 3.05) is 26.4 Å². The second-order valence-corrected chi connectivity index (χ2v) is 18.7. The Balaban J connectivity index is 1.82. The van der Waals surface area contributed by atoms with Gasteiger partial charge in [-0.25, -0.2) is 0 Å². The van der Waals surface area contributed by atoms with Crippen LogP contribution in [0.25, 0.3) is 0 Å². The van der Waals surface area contributed by atoms with Crippen LogP contribution in [0.2, 0.25) is 0 Å². The lowest BCUT2D eigenvalue weighted by Crippen LogP contribution is -2.61. The largest absolute Gasteiger partial charge is 0.462 e. The summed E-state index contributed by atoms with van der Waals surface area (Å²) in [5.74, 6) is -0.968. The summed E-state index contributed by atoms with van der Waals surface area (Å²) in [5, 5.41) is 72.1. The lowest BCUT2D eigenvalue weighted by molar-refractivity contribution is -0.332. The van der Waals surface area contributed by atoms with Crippen LogP contribution in [0.1, 0.15) is 181 Å². The second kappa shape index (κ2) is 41.6. The average Bonchev–Trinajstić information content (AvgIpc) is 3.35. The molecule has 15 nitrogen and oxygen atoms in total. The number of carbonyl (C=O) groups is 2. The molecule has 11 atom stereocenters. The van der Waals surface area contributed by atoms with Gasteiger partial charge in [0, 0.05) is 12.8 Å². The number of rotatable bonds is 41. The van der Waals surface area contributed by atoms with E-state index in [9.17, 15) is 45.3 Å². The number of unbranched alkanes of at least 4 members (excludes halogenated alkanes) is 17. The molecule has 2 heterocycles. The van der Waals surface area contributed by atoms with Gasteiger partial charge in [0.25, 0.3) is 0 Å². The first-order valence-electron chi connectivity index (χ1n) is 26.9. The van der Waals surface area contributed by atoms with Gasteiger partial charge in [-0.05, 0) is 83.5 Å². The van der Waals surface area contributed by atoms with Crippen LogP contribution in [0.4, 0.5) is 0 Å². The zero-order chi connectivity index (χ0) is 51.0. The summed E-state index contributed by atoms with van der Waals surface area (Å²) < 4.78 is 33.6. The monoisotopic (exact) mass is 995 g/mol. The molecule has 2 fully saturated rings. The summed E-state index contributed by atoms with van der Waals surface area (Å²) in [6.07, 6.45) is 31.0. The van der Waals surface area contributed by atoms with Gasteiger partial charge in [0.1, 0.15) is 55.4 Å². The molecule has 4 unspecified atom stereocenters. The topological polar surface area (TPSA) is 231 Å². The van der Waals surface area contributed by atoms with Crippen LogP contribution >= 0.6 is 0 Å². The minimum Gasteiger partial charge on any atom is -0.462 e. The third kappa shape index (κ3) is 29.0. The molecule has 0 aromatic carbocycles. The molecule has 0 radical (unpaired) electrons. The highest BCUT2D eigenvalue weighted by atomic mass is 16.7. The third-order valence-corrected chi connectivity index (χ3v) is 12.5. The Kier molecular flexibility index (Phi) is 37.7. The van der Waals surface area contributed by atoms with Crippen LogP contribution in [0.15, 0.2) is 60.8 Å². The van der Waals surface area contributed by atoms with Gasteiger partial charge < -0.3 is 64.2 Å². The Morgan fingerprint density at radius 3 is 1.40 bits per heavy atom. The minimum atomic E-state index is -1.77. The number of esters is 2. The molecule has 7 N–H and O–H groups in total. The highest BCUT2D eigenvalue weighted by molar-refractivity contribution is 5.70. The fraction of sp³-hybridized carbons (Fsp3) is 0.782. The Morgan fingerprint density at radius 1 is 0.457 bits per heavy atom. The van der Waals surface area contributed by atoms with Gasteiger partial charge in [-0.3, -0.25) is 9.59 Å². The van der Waals surface area contributed by atoms with Crippen molar-refractivity contribution < 1.29 is 73.8 Å². The van der Waals surface area contributed by atoms with Gasteiger partial charge in [-0.1, -0.05) is 145 Å². The maximum Gasteiger partial charge on any atom is 0.306 e. The van der Waals surface area contributed by atoms with Crippen LogP contribution in [0.3, 0.4) is 0 Å². The van der Waals surface area contributed by atoms with Crippen molar-refractivity contribution in [1.29, 1.82) is 0 Å². The van der Waals surface area contributed by atoms with Gasteiger partial charge >= 0.3 is 11.9 Å². The van der Waals surface area contributed by atoms with E-state index in [0.29, 0.717) is 12.8 Å². The van der Waals surface area contributed by atoms with Crippen LogP contribution < -0.4 is 0 Å². The fourth-order valence-electron chi connectivity index (χ4n) is 8.02. The van der Waals surface area contributed by atoms with E-state index in [1.165, 1.54) is 64.2 Å². The molecule has 0 aliphatic carbocycles. The number of carbonyl (C=O) groups excluding carboxylic acids is 2. The Morgan fingerprint density at radius 2 is 0.857 bits per heavy atom. The van der Waals surface area contributed by atoms with Crippen molar-refractivity contribution in [2.24, 2.45) is 0 Å². The van der Waals surface area contributed by atoms with Crippen LogP contribution in [-0.4, -0.2) is 142 Å². The molecule has 0 bridgehead atoms. The van der Waals surface area contributed by atoms with E-state index in [2.05, 4.69) is 74.6 Å². The minimum absolute atomic E-state index is 0.125. The van der Waals surface area contributed by atoms with Gasteiger partial charge in [-0.2, -0.15) is 0 Å². The highest BCUT2D eigenvalue weighted by Gasteiger charge is 2.47. The van der Waals surface area contributed by atoms with E-state index in [0.717, 1.165) is 77.0 Å². The predicted octanol–water partition coefficient (Wildman–Crippen LogP) is 8.05. The quantitative estimate of drug-likeness (QED) is 0.0175. The highest BCUT2D eigenvalue weighted by Crippen LogP contribution is 2.26. The molecule has 2 saturated heterocycles. The lowest BCUT2D eigenvalue weighted by Gasteiger charge is -2.42. The molecule has 0 amide bonds. The van der Waals surface area contributed by atoms with E-state index in [1.54, 1.807) is 0 Å². The summed E-state index contributed by atoms with van der Waals surface area (Å²) in [6.45, 7) is 2.51. The summed E-state index contributed by atoms with van der Waals surface area (Å²) >= 11 is 0. The normalized spacial score (nSPS) is 25.8. The van der Waals surface area contributed by atoms with Gasteiger partial charge in [0.15, 0.2) is 18.7 Å². The average molecular weight is 995 g/mol. The molecular formula is C55H94O15. The molecule has 0 spiro atoms. The zero-order valence-corrected chi connectivity index (χ0v) is 42.7. The molecule has 70 heavy (non-hydrogen) atoms. The van der Waals surface area contributed by atoms with Crippen LogP contribution in [0, 0.1) is 0 Å². The maximum atomic E-state index is 13.0. The van der Waals surface area contributed by atoms with Crippen molar-refractivity contribution in [2.45, 2.75) is 248 Å². The summed E-state index contributed by atoms with van der Waals surface area (Å²) in [5.41, 5.74) is 0. The molecule has 404 valence electrons. The molecule has 0 aromatic heterocycles. The van der Waals surface area contributed by atoms with Crippen LogP contribution in [-0.2, 0) is 38.0 Å². The maximum absolute atomic E-state index is 13.0. The Bertz CT molecular complexity index is 1450. The summed E-state index contributed by atoms with van der Waals surface area (Å²) in [6, 6.07) is 0. The smallest absolute Gasteiger partial charge is 0.306 e. The fourth-order valence-corrected chi connectivity index (χ4v) is 8.02. The number of aliphatic hydroxyl groups is 7. The number of hydrogen-bond donors (Lipinski definition) is 7. The molecule has 2 aliphatic heterocycles. The Labute approximate surface area is 420 Å². The van der Waals surface area contributed by atoms with Gasteiger partial charge in [-0.15, -0.1) is 0 Å². The van der Waals surface area contributed by atoms with Crippen LogP contribution in [0.5, 0.6) is 0 Å². The molecule has 0 saturated carbocycles. The first-order valence-corrected chi connectivity index (χ1v) is 26.9. The zero-order valence-electron chi connectivity index (χ0n) is 42.7. The van der Waals surface area contributed by atoms with E-state index in [4.69, 9.17) is 28.4 Å². The van der Waals surface area contributed by atoms with Gasteiger partial charge in [0.2, 0.25) is 0 Å². The van der Waals surface area contributed by atoms with E-state index < -0.39 is 99.3 Å². The van der Waals surface area contributed by atoms with Crippen molar-refractivity contribution in [3.8, 4) is 0 Å². The first kappa shape index (κ1) is 63.3. The number of ether oxygens (including phenoxy) is 6. The standard InChI is InChI=1S/C55H94O15/c1-3-5-7-9-11-13-15-17-19-20-21-22-24-26-28-30-32-34-36-38-47(58)68-43(40-65-46(57)37-35-33-31-29-27-25-23-18-16-14-12-10-8-6-4-2)41-66-54-53(64)51(62)49(60)45(70-54)42-67-55-52(63)50(61)48(59)44(39-56)69-55/h11,13-14,16-17,19,21-22,26,28,43-45,48-56,59-64H,3-10,12,15,18,20,23-25,27,29-42H2,1-2H3/b13-11+,16-14+,19-17+,22-21+,28-26+/t43-,44+,45+,48-,49-,50?,51?,52?,53?,54+,55+/m1/s1. The molecule has 15 heteroatoms. The summed E-state index contributed by atoms with van der Waals surface area (Å²) in [4.78, 5) is 25.8. The van der Waals surface area contributed by atoms with Crippen molar-refractivity contribution in [3.05, 3.63) is 60.8 Å². The molecular weight excluding hydrogens is 901 g/mol. The van der Waals surface area contributed by atoms with Gasteiger partial charge in [0.05, 0.1) is 19.8 Å². The third-order valence-electron chi connectivity index (χ3n) is 12.5. The Hall–Kier alpha value is -2.80. The molecule has 2 rings (SSSR count). The molecule has 0 aromatic rings. The van der Waals surface area contributed by atoms with E-state index in [-0.39, 0.29) is 19.4 Å². The SMILES string of the molecule is CCCCC/C=C/C/C=C/C/C=C/C/C=C/CCCCCC(=O)O[C@H](COC(=O)CCCCCCCCC/C=C/CCCCCC)CO[C@H]1O[C@@H](CO[C@H]2O[C@@H](CO)[C@@H](O)C(O)C2O)[C@@H](O)C(O)C1O. The lowest BCUT2D eigenvalue weighted by atomic mass is 9.98. The first-order chi connectivity index (χ1) is 34.0. The number of aliphatic hydroxyl groups excluding tert-OH is 7.